The van der Waals surface area contributed by atoms with Crippen LogP contribution in [-0.2, 0) is 28.2 Å². The molecule has 1 aliphatic carbocycles. The average Bonchev–Trinajstić information content (AvgIpc) is 3.08. The lowest BCUT2D eigenvalue weighted by molar-refractivity contribution is -0.161. The molecule has 0 radical (unpaired) electrons. The fourth-order valence-electron chi connectivity index (χ4n) is 5.06. The molecule has 0 unspecified atom stereocenters. The minimum Gasteiger partial charge on any atom is -0.501 e. The van der Waals surface area contributed by atoms with Gasteiger partial charge in [0.15, 0.2) is 5.69 Å². The maximum atomic E-state index is 13.1. The number of carboxylic acid groups (broad SMARTS) is 1. The average molecular weight is 472 g/mol. The molecule has 34 heavy (non-hydrogen) atoms. The zero-order chi connectivity index (χ0) is 24.6. The Labute approximate surface area is 194 Å². The fraction of sp³-hybridized carbons (Fsp3) is 0.435. The summed E-state index contributed by atoms with van der Waals surface area (Å²) in [4.78, 5) is 55.7. The first-order valence-corrected chi connectivity index (χ1v) is 11.1. The topological polar surface area (TPSA) is 142 Å². The number of hydrogen-bond acceptors (Lipinski definition) is 6. The molecule has 5 rings (SSSR count). The van der Waals surface area contributed by atoms with Crippen LogP contribution in [0.5, 0.6) is 5.75 Å². The first-order chi connectivity index (χ1) is 16.2. The highest BCUT2D eigenvalue weighted by atomic mass is 19.1. The van der Waals surface area contributed by atoms with E-state index in [0.29, 0.717) is 31.2 Å². The normalized spacial score (nSPS) is 20.8. The maximum absolute atomic E-state index is 13.1. The van der Waals surface area contributed by atoms with E-state index in [4.69, 9.17) is 0 Å². The Morgan fingerprint density at radius 3 is 2.47 bits per heavy atom. The van der Waals surface area contributed by atoms with Gasteiger partial charge in [0.05, 0.1) is 0 Å². The highest BCUT2D eigenvalue weighted by Gasteiger charge is 2.50. The van der Waals surface area contributed by atoms with Gasteiger partial charge in [-0.3, -0.25) is 19.0 Å². The van der Waals surface area contributed by atoms with E-state index in [1.54, 1.807) is 6.92 Å². The Kier molecular flexibility index (Phi) is 6.11. The Hall–Kier alpha value is -3.76. The highest BCUT2D eigenvalue weighted by molar-refractivity contribution is 6.31. The van der Waals surface area contributed by atoms with Crippen molar-refractivity contribution in [2.45, 2.75) is 51.2 Å². The molecule has 0 atom stereocenters. The quantitative estimate of drug-likeness (QED) is 0.558. The SMILES string of the molecule is CCN(C(=O)C(=O)O)C12CCC(CC1)Cn1c2nc(C(=O)NCc2ccc(F)cc2)c(O)c1=O. The van der Waals surface area contributed by atoms with Crippen LogP contribution in [0.1, 0.15) is 54.5 Å². The van der Waals surface area contributed by atoms with E-state index >= 15 is 0 Å². The Morgan fingerprint density at radius 2 is 1.88 bits per heavy atom. The van der Waals surface area contributed by atoms with E-state index < -0.39 is 46.1 Å². The minimum absolute atomic E-state index is 0.00442. The van der Waals surface area contributed by atoms with Crippen molar-refractivity contribution in [2.24, 2.45) is 5.92 Å². The second-order valence-corrected chi connectivity index (χ2v) is 8.69. The smallest absolute Gasteiger partial charge is 0.394 e. The molecule has 0 saturated heterocycles. The second kappa shape index (κ2) is 8.88. The number of fused-ring (bicyclic) bond motifs is 2. The molecule has 2 aromatic rings. The molecule has 1 aromatic carbocycles. The van der Waals surface area contributed by atoms with Crippen LogP contribution in [0.25, 0.3) is 0 Å². The first kappa shape index (κ1) is 23.4. The number of carbonyl (C=O) groups excluding carboxylic acids is 2. The third-order valence-corrected chi connectivity index (χ3v) is 6.78. The molecule has 1 aromatic heterocycles. The zero-order valence-corrected chi connectivity index (χ0v) is 18.6. The van der Waals surface area contributed by atoms with Crippen LogP contribution in [0.4, 0.5) is 4.39 Å². The van der Waals surface area contributed by atoms with E-state index in [0.717, 1.165) is 0 Å². The molecule has 1 fully saturated rings. The minimum atomic E-state index is -1.62. The number of halogens is 1. The number of benzene rings is 1. The highest BCUT2D eigenvalue weighted by Crippen LogP contribution is 2.46. The summed E-state index contributed by atoms with van der Waals surface area (Å²) in [7, 11) is 0. The van der Waals surface area contributed by atoms with Crippen molar-refractivity contribution in [1.29, 1.82) is 0 Å². The van der Waals surface area contributed by atoms with Crippen LogP contribution in [0.2, 0.25) is 0 Å². The summed E-state index contributed by atoms with van der Waals surface area (Å²) in [6.07, 6.45) is 2.05. The molecule has 180 valence electrons. The Bertz CT molecular complexity index is 1200. The molecule has 2 aliphatic heterocycles. The number of rotatable bonds is 5. The van der Waals surface area contributed by atoms with Gasteiger partial charge in [0.25, 0.3) is 11.5 Å². The van der Waals surface area contributed by atoms with Crippen LogP contribution >= 0.6 is 0 Å². The molecule has 3 heterocycles. The van der Waals surface area contributed by atoms with Crippen LogP contribution in [0.3, 0.4) is 0 Å². The van der Waals surface area contributed by atoms with Crippen LogP contribution in [0, 0.1) is 11.7 Å². The summed E-state index contributed by atoms with van der Waals surface area (Å²) in [5, 5.41) is 22.5. The van der Waals surface area contributed by atoms with Gasteiger partial charge in [-0.2, -0.15) is 0 Å². The van der Waals surface area contributed by atoms with Crippen LogP contribution in [-0.4, -0.2) is 49.0 Å². The third kappa shape index (κ3) is 3.91. The van der Waals surface area contributed by atoms with Crippen LogP contribution in [0.15, 0.2) is 29.1 Å². The van der Waals surface area contributed by atoms with Crippen molar-refractivity contribution in [3.05, 3.63) is 57.5 Å². The van der Waals surface area contributed by atoms with Gasteiger partial charge in [0, 0.05) is 19.6 Å². The summed E-state index contributed by atoms with van der Waals surface area (Å²) in [6.45, 7) is 1.97. The van der Waals surface area contributed by atoms with Crippen molar-refractivity contribution >= 4 is 17.8 Å². The maximum Gasteiger partial charge on any atom is 0.394 e. The molecular weight excluding hydrogens is 447 g/mol. The van der Waals surface area contributed by atoms with Crippen molar-refractivity contribution in [3.63, 3.8) is 0 Å². The van der Waals surface area contributed by atoms with Crippen LogP contribution < -0.4 is 10.9 Å². The molecule has 11 heteroatoms. The van der Waals surface area contributed by atoms with Crippen molar-refractivity contribution in [3.8, 4) is 5.75 Å². The van der Waals surface area contributed by atoms with Gasteiger partial charge in [0.2, 0.25) is 5.75 Å². The number of nitrogens with one attached hydrogen (secondary N) is 1. The Balaban J connectivity index is 1.77. The monoisotopic (exact) mass is 472 g/mol. The standard InChI is InChI=1S/C23H25FN4O6/c1-2-28(20(32)21(33)34)23-9-7-14(8-10-23)12-27-19(31)17(29)16(26-22(23)27)18(30)25-11-13-3-5-15(24)6-4-13/h3-6,14,29H,2,7-12H2,1H3,(H,25,30)(H,33,34). The number of aliphatic carboxylic acids is 1. The number of aromatic hydroxyl groups is 1. The van der Waals surface area contributed by atoms with E-state index in [1.165, 1.54) is 33.7 Å². The lowest BCUT2D eigenvalue weighted by atomic mass is 9.76. The zero-order valence-electron chi connectivity index (χ0n) is 18.6. The number of carboxylic acids is 1. The molecule has 3 aliphatic rings. The van der Waals surface area contributed by atoms with Gasteiger partial charge in [-0.05, 0) is 56.2 Å². The summed E-state index contributed by atoms with van der Waals surface area (Å²) >= 11 is 0. The molecule has 2 bridgehead atoms. The number of hydrogen-bond donors (Lipinski definition) is 3. The van der Waals surface area contributed by atoms with Crippen molar-refractivity contribution in [1.82, 2.24) is 19.8 Å². The van der Waals surface area contributed by atoms with Crippen molar-refractivity contribution in [2.75, 3.05) is 6.54 Å². The van der Waals surface area contributed by atoms with E-state index in [1.807, 2.05) is 0 Å². The molecule has 2 amide bonds. The number of amides is 2. The summed E-state index contributed by atoms with van der Waals surface area (Å²) in [6, 6.07) is 5.45. The summed E-state index contributed by atoms with van der Waals surface area (Å²) in [5.41, 5.74) is -1.90. The number of likely N-dealkylation sites (N-methyl/N-ethyl adjacent to an activating group) is 1. The summed E-state index contributed by atoms with van der Waals surface area (Å²) < 4.78 is 14.4. The van der Waals surface area contributed by atoms with Gasteiger partial charge in [-0.15, -0.1) is 0 Å². The second-order valence-electron chi connectivity index (χ2n) is 8.69. The molecule has 3 N–H and O–H groups in total. The van der Waals surface area contributed by atoms with Gasteiger partial charge in [-0.25, -0.2) is 14.2 Å². The van der Waals surface area contributed by atoms with E-state index in [-0.39, 0.29) is 31.4 Å². The lowest BCUT2D eigenvalue weighted by Gasteiger charge is -2.44. The predicted octanol–water partition coefficient (Wildman–Crippen LogP) is 1.35. The number of carbonyl (C=O) groups is 3. The van der Waals surface area contributed by atoms with Gasteiger partial charge >= 0.3 is 11.9 Å². The molecule has 10 nitrogen and oxygen atoms in total. The largest absolute Gasteiger partial charge is 0.501 e. The van der Waals surface area contributed by atoms with Gasteiger partial charge in [-0.1, -0.05) is 12.1 Å². The van der Waals surface area contributed by atoms with Gasteiger partial charge in [0.1, 0.15) is 17.2 Å². The fourth-order valence-corrected chi connectivity index (χ4v) is 5.06. The van der Waals surface area contributed by atoms with E-state index in [2.05, 4.69) is 10.3 Å². The molecule has 1 saturated carbocycles. The first-order valence-electron chi connectivity index (χ1n) is 11.1. The van der Waals surface area contributed by atoms with Gasteiger partial charge < -0.3 is 20.4 Å². The number of aromatic nitrogens is 2. The van der Waals surface area contributed by atoms with E-state index in [9.17, 15) is 33.8 Å². The third-order valence-electron chi connectivity index (χ3n) is 6.78. The Morgan fingerprint density at radius 1 is 1.24 bits per heavy atom. The summed E-state index contributed by atoms with van der Waals surface area (Å²) in [5.74, 6) is -4.58. The molecule has 0 spiro atoms. The van der Waals surface area contributed by atoms with Crippen molar-refractivity contribution < 1.29 is 29.0 Å². The molecular formula is C23H25FN4O6. The lowest BCUT2D eigenvalue weighted by Crippen LogP contribution is -2.54. The predicted molar refractivity (Wildman–Crippen MR) is 116 cm³/mol. The number of nitrogens with zero attached hydrogens (tertiary/aromatic N) is 3.